The summed E-state index contributed by atoms with van der Waals surface area (Å²) in [6, 6.07) is 4.70. The molecule has 0 saturated carbocycles. The lowest BCUT2D eigenvalue weighted by Crippen LogP contribution is -2.32. The molecule has 0 bridgehead atoms. The van der Waals surface area contributed by atoms with Gasteiger partial charge >= 0.3 is 0 Å². The smallest absolute Gasteiger partial charge is 0.245 e. The predicted molar refractivity (Wildman–Crippen MR) is 97.3 cm³/mol. The van der Waals surface area contributed by atoms with Gasteiger partial charge < -0.3 is 9.84 Å². The van der Waals surface area contributed by atoms with Crippen LogP contribution in [0.3, 0.4) is 0 Å². The molecule has 1 aliphatic rings. The van der Waals surface area contributed by atoms with Gasteiger partial charge in [0.25, 0.3) is 0 Å². The molecule has 2 heterocycles. The van der Waals surface area contributed by atoms with E-state index in [1.165, 1.54) is 11.2 Å². The van der Waals surface area contributed by atoms with Crippen molar-refractivity contribution in [1.82, 2.24) is 9.46 Å². The van der Waals surface area contributed by atoms with E-state index >= 15 is 0 Å². The highest BCUT2D eigenvalue weighted by Gasteiger charge is 2.39. The molecule has 1 amide bonds. The van der Waals surface area contributed by atoms with Gasteiger partial charge in [-0.2, -0.15) is 4.31 Å². The van der Waals surface area contributed by atoms with Crippen LogP contribution in [0.1, 0.15) is 48.4 Å². The van der Waals surface area contributed by atoms with Gasteiger partial charge in [-0.3, -0.25) is 4.79 Å². The van der Waals surface area contributed by atoms with Gasteiger partial charge in [-0.25, -0.2) is 8.42 Å². The monoisotopic (exact) mass is 377 g/mol. The van der Waals surface area contributed by atoms with Crippen LogP contribution in [0.5, 0.6) is 0 Å². The first-order chi connectivity index (χ1) is 12.2. The Bertz CT molecular complexity index is 930. The molecule has 0 radical (unpaired) electrons. The van der Waals surface area contributed by atoms with Crippen LogP contribution in [-0.4, -0.2) is 30.3 Å². The third kappa shape index (κ3) is 3.26. The Morgan fingerprint density at radius 1 is 1.31 bits per heavy atom. The summed E-state index contributed by atoms with van der Waals surface area (Å²) in [6.07, 6.45) is 1.47. The standard InChI is InChI=1S/C18H23N3O4S/c1-11-7-8-15(19-14(4)22)17(10-11)26(23,24)21-9-5-6-16(21)18-12(2)20-25-13(18)3/h7-8,10,16H,5-6,9H2,1-4H3,(H,19,22)/t16-/m0/s1. The SMILES string of the molecule is CC(=O)Nc1ccc(C)cc1S(=O)(=O)N1CCC[C@H]1c1c(C)noc1C. The highest BCUT2D eigenvalue weighted by molar-refractivity contribution is 7.89. The quantitative estimate of drug-likeness (QED) is 0.884. The van der Waals surface area contributed by atoms with Gasteiger partial charge in [-0.1, -0.05) is 11.2 Å². The van der Waals surface area contributed by atoms with Crippen molar-refractivity contribution in [1.29, 1.82) is 0 Å². The van der Waals surface area contributed by atoms with Crippen molar-refractivity contribution in [2.24, 2.45) is 0 Å². The number of aromatic nitrogens is 1. The molecular weight excluding hydrogens is 354 g/mol. The molecule has 1 N–H and O–H groups in total. The fourth-order valence-corrected chi connectivity index (χ4v) is 5.44. The van der Waals surface area contributed by atoms with Gasteiger partial charge in [0.2, 0.25) is 15.9 Å². The Morgan fingerprint density at radius 3 is 2.65 bits per heavy atom. The summed E-state index contributed by atoms with van der Waals surface area (Å²) < 4.78 is 33.6. The van der Waals surface area contributed by atoms with E-state index in [1.807, 2.05) is 13.8 Å². The van der Waals surface area contributed by atoms with Gasteiger partial charge in [0.1, 0.15) is 10.7 Å². The van der Waals surface area contributed by atoms with E-state index in [2.05, 4.69) is 10.5 Å². The van der Waals surface area contributed by atoms with Crippen LogP contribution in [-0.2, 0) is 14.8 Å². The fraction of sp³-hybridized carbons (Fsp3) is 0.444. The van der Waals surface area contributed by atoms with Crippen molar-refractivity contribution >= 4 is 21.6 Å². The molecule has 8 heteroatoms. The van der Waals surface area contributed by atoms with E-state index in [0.717, 1.165) is 17.5 Å². The summed E-state index contributed by atoms with van der Waals surface area (Å²) in [7, 11) is -3.80. The van der Waals surface area contributed by atoms with Gasteiger partial charge in [0.15, 0.2) is 0 Å². The fourth-order valence-electron chi connectivity index (χ4n) is 3.54. The summed E-state index contributed by atoms with van der Waals surface area (Å²) in [4.78, 5) is 11.6. The number of sulfonamides is 1. The lowest BCUT2D eigenvalue weighted by Gasteiger charge is -2.25. The molecular formula is C18H23N3O4S. The van der Waals surface area contributed by atoms with Crippen molar-refractivity contribution in [2.75, 3.05) is 11.9 Å². The van der Waals surface area contributed by atoms with E-state index in [4.69, 9.17) is 4.52 Å². The van der Waals surface area contributed by atoms with Crippen molar-refractivity contribution in [3.05, 3.63) is 40.8 Å². The maximum absolute atomic E-state index is 13.4. The molecule has 26 heavy (non-hydrogen) atoms. The molecule has 1 aromatic heterocycles. The molecule has 2 aromatic rings. The second-order valence-corrected chi connectivity index (χ2v) is 8.55. The van der Waals surface area contributed by atoms with E-state index < -0.39 is 10.0 Å². The maximum Gasteiger partial charge on any atom is 0.245 e. The minimum Gasteiger partial charge on any atom is -0.361 e. The maximum atomic E-state index is 13.4. The molecule has 1 aromatic carbocycles. The van der Waals surface area contributed by atoms with Crippen LogP contribution in [0.25, 0.3) is 0 Å². The third-order valence-electron chi connectivity index (χ3n) is 4.66. The Balaban J connectivity index is 2.08. The first-order valence-corrected chi connectivity index (χ1v) is 9.98. The molecule has 1 atom stereocenters. The topological polar surface area (TPSA) is 92.5 Å². The second-order valence-electron chi connectivity index (χ2n) is 6.69. The number of amides is 1. The molecule has 1 aliphatic heterocycles. The number of rotatable bonds is 4. The number of carbonyl (C=O) groups excluding carboxylic acids is 1. The molecule has 0 unspecified atom stereocenters. The highest BCUT2D eigenvalue weighted by atomic mass is 32.2. The number of carbonyl (C=O) groups is 1. The van der Waals surface area contributed by atoms with E-state index in [0.29, 0.717) is 30.1 Å². The summed E-state index contributed by atoms with van der Waals surface area (Å²) >= 11 is 0. The third-order valence-corrected chi connectivity index (χ3v) is 6.61. The van der Waals surface area contributed by atoms with Crippen molar-refractivity contribution in [3.63, 3.8) is 0 Å². The number of nitrogens with one attached hydrogen (secondary N) is 1. The van der Waals surface area contributed by atoms with Crippen LogP contribution >= 0.6 is 0 Å². The Kier molecular flexibility index (Phi) is 4.90. The van der Waals surface area contributed by atoms with E-state index in [-0.39, 0.29) is 16.8 Å². The van der Waals surface area contributed by atoms with Crippen molar-refractivity contribution in [2.45, 2.75) is 51.5 Å². The lowest BCUT2D eigenvalue weighted by atomic mass is 10.0. The number of hydrogen-bond donors (Lipinski definition) is 1. The number of nitrogens with zero attached hydrogens (tertiary/aromatic N) is 2. The zero-order chi connectivity index (χ0) is 19.1. The molecule has 1 saturated heterocycles. The molecule has 0 spiro atoms. The van der Waals surface area contributed by atoms with Crippen molar-refractivity contribution in [3.8, 4) is 0 Å². The van der Waals surface area contributed by atoms with Gasteiger partial charge in [0, 0.05) is 19.0 Å². The minimum absolute atomic E-state index is 0.117. The molecule has 1 fully saturated rings. The van der Waals surface area contributed by atoms with Crippen molar-refractivity contribution < 1.29 is 17.7 Å². The minimum atomic E-state index is -3.80. The number of hydrogen-bond acceptors (Lipinski definition) is 5. The highest BCUT2D eigenvalue weighted by Crippen LogP contribution is 2.40. The zero-order valence-corrected chi connectivity index (χ0v) is 16.2. The Hall–Kier alpha value is -2.19. The van der Waals surface area contributed by atoms with Gasteiger partial charge in [-0.05, 0) is 51.3 Å². The summed E-state index contributed by atoms with van der Waals surface area (Å²) in [5.74, 6) is 0.329. The summed E-state index contributed by atoms with van der Waals surface area (Å²) in [5, 5.41) is 6.59. The van der Waals surface area contributed by atoms with Crippen LogP contribution < -0.4 is 5.32 Å². The van der Waals surface area contributed by atoms with Crippen LogP contribution in [0.15, 0.2) is 27.6 Å². The Labute approximate surface area is 153 Å². The number of benzene rings is 1. The first-order valence-electron chi connectivity index (χ1n) is 8.54. The number of aryl methyl sites for hydroxylation is 3. The van der Waals surface area contributed by atoms with Crippen LogP contribution in [0.4, 0.5) is 5.69 Å². The number of anilines is 1. The van der Waals surface area contributed by atoms with Gasteiger partial charge in [-0.15, -0.1) is 0 Å². The normalized spacial score (nSPS) is 18.2. The predicted octanol–water partition coefficient (Wildman–Crippen LogP) is 3.08. The Morgan fingerprint density at radius 2 is 2.04 bits per heavy atom. The average Bonchev–Trinajstić information content (AvgIpc) is 3.15. The average molecular weight is 377 g/mol. The largest absolute Gasteiger partial charge is 0.361 e. The molecule has 3 rings (SSSR count). The molecule has 140 valence electrons. The van der Waals surface area contributed by atoms with E-state index in [9.17, 15) is 13.2 Å². The lowest BCUT2D eigenvalue weighted by molar-refractivity contribution is -0.114. The molecule has 7 nitrogen and oxygen atoms in total. The molecule has 0 aliphatic carbocycles. The van der Waals surface area contributed by atoms with Crippen LogP contribution in [0.2, 0.25) is 0 Å². The first kappa shape index (κ1) is 18.6. The zero-order valence-electron chi connectivity index (χ0n) is 15.4. The van der Waals surface area contributed by atoms with E-state index in [1.54, 1.807) is 25.1 Å². The van der Waals surface area contributed by atoms with Gasteiger partial charge in [0.05, 0.1) is 17.4 Å². The summed E-state index contributed by atoms with van der Waals surface area (Å²) in [5.41, 5.74) is 2.65. The second kappa shape index (κ2) is 6.85. The summed E-state index contributed by atoms with van der Waals surface area (Å²) in [6.45, 7) is 7.23. The van der Waals surface area contributed by atoms with Crippen LogP contribution in [0, 0.1) is 20.8 Å².